The van der Waals surface area contributed by atoms with Crippen molar-refractivity contribution in [3.05, 3.63) is 70.1 Å². The molecule has 2 aromatic heterocycles. The van der Waals surface area contributed by atoms with E-state index in [1.807, 2.05) is 62.6 Å². The molecule has 232 valence electrons. The second-order valence-electron chi connectivity index (χ2n) is 12.1. The SMILES string of the molecule is COc1cc(N2CCC(N(C)C(=O)OCc3ccccc3)CC2)ccc1-c1nc2c(c(C3CCCCCC3)nn2C)c(=O)[nH]1. The molecule has 2 fully saturated rings. The average molecular weight is 599 g/mol. The number of piperidine rings is 1. The molecule has 1 saturated carbocycles. The molecule has 10 nitrogen and oxygen atoms in total. The van der Waals surface area contributed by atoms with E-state index in [1.165, 1.54) is 25.7 Å². The zero-order chi connectivity index (χ0) is 30.6. The number of amides is 1. The Bertz CT molecular complexity index is 1650. The second kappa shape index (κ2) is 13.1. The van der Waals surface area contributed by atoms with Crippen LogP contribution in [0, 0.1) is 0 Å². The molecular formula is C34H42N6O4. The maximum atomic E-state index is 13.5. The van der Waals surface area contributed by atoms with E-state index in [2.05, 4.69) is 9.88 Å². The van der Waals surface area contributed by atoms with Crippen LogP contribution in [0.1, 0.15) is 68.5 Å². The molecule has 10 heteroatoms. The first kappa shape index (κ1) is 29.7. The highest BCUT2D eigenvalue weighted by Gasteiger charge is 2.28. The summed E-state index contributed by atoms with van der Waals surface area (Å²) in [5.74, 6) is 1.41. The van der Waals surface area contributed by atoms with E-state index in [0.29, 0.717) is 28.5 Å². The largest absolute Gasteiger partial charge is 0.496 e. The van der Waals surface area contributed by atoms with E-state index < -0.39 is 0 Å². The quantitative estimate of drug-likeness (QED) is 0.260. The van der Waals surface area contributed by atoms with E-state index >= 15 is 0 Å². The minimum atomic E-state index is -0.299. The molecular weight excluding hydrogens is 556 g/mol. The average Bonchev–Trinajstić information content (AvgIpc) is 3.20. The Morgan fingerprint density at radius 1 is 1.02 bits per heavy atom. The van der Waals surface area contributed by atoms with Gasteiger partial charge >= 0.3 is 6.09 Å². The summed E-state index contributed by atoms with van der Waals surface area (Å²) in [7, 11) is 5.32. The molecule has 0 radical (unpaired) electrons. The highest BCUT2D eigenvalue weighted by molar-refractivity contribution is 5.81. The van der Waals surface area contributed by atoms with Crippen LogP contribution in [0.5, 0.6) is 5.75 Å². The number of rotatable bonds is 7. The number of hydrogen-bond acceptors (Lipinski definition) is 7. The monoisotopic (exact) mass is 598 g/mol. The van der Waals surface area contributed by atoms with Gasteiger partial charge in [0.2, 0.25) is 0 Å². The summed E-state index contributed by atoms with van der Waals surface area (Å²) in [6.07, 6.45) is 8.32. The predicted octanol–water partition coefficient (Wildman–Crippen LogP) is 6.01. The van der Waals surface area contributed by atoms with Gasteiger partial charge in [0.25, 0.3) is 5.56 Å². The van der Waals surface area contributed by atoms with Crippen molar-refractivity contribution in [2.24, 2.45) is 7.05 Å². The van der Waals surface area contributed by atoms with Crippen molar-refractivity contribution in [1.82, 2.24) is 24.6 Å². The lowest BCUT2D eigenvalue weighted by molar-refractivity contribution is 0.0862. The van der Waals surface area contributed by atoms with Gasteiger partial charge < -0.3 is 24.3 Å². The number of aryl methyl sites for hydroxylation is 1. The molecule has 1 saturated heterocycles. The van der Waals surface area contributed by atoms with Crippen LogP contribution in [0.4, 0.5) is 10.5 Å². The summed E-state index contributed by atoms with van der Waals surface area (Å²) in [6.45, 7) is 1.86. The molecule has 2 aromatic carbocycles. The number of hydrogen-bond donors (Lipinski definition) is 1. The number of aromatic amines is 1. The van der Waals surface area contributed by atoms with Crippen molar-refractivity contribution >= 4 is 22.8 Å². The molecule has 0 bridgehead atoms. The lowest BCUT2D eigenvalue weighted by Gasteiger charge is -2.37. The van der Waals surface area contributed by atoms with Crippen LogP contribution in [-0.4, -0.2) is 64.0 Å². The van der Waals surface area contributed by atoms with Gasteiger partial charge in [0.05, 0.1) is 18.4 Å². The van der Waals surface area contributed by atoms with E-state index in [0.717, 1.165) is 61.3 Å². The Labute approximate surface area is 258 Å². The fourth-order valence-corrected chi connectivity index (χ4v) is 6.71. The van der Waals surface area contributed by atoms with E-state index in [1.54, 1.807) is 16.7 Å². The number of ether oxygens (including phenoxy) is 2. The van der Waals surface area contributed by atoms with Gasteiger partial charge in [-0.05, 0) is 43.4 Å². The summed E-state index contributed by atoms with van der Waals surface area (Å²) in [4.78, 5) is 38.1. The Morgan fingerprint density at radius 2 is 1.75 bits per heavy atom. The first-order valence-electron chi connectivity index (χ1n) is 15.8. The highest BCUT2D eigenvalue weighted by atomic mass is 16.6. The Hall–Kier alpha value is -4.34. The number of methoxy groups -OCH3 is 1. The molecule has 1 N–H and O–H groups in total. The van der Waals surface area contributed by atoms with Crippen molar-refractivity contribution in [3.63, 3.8) is 0 Å². The minimum absolute atomic E-state index is 0.110. The summed E-state index contributed by atoms with van der Waals surface area (Å²) in [6, 6.07) is 15.8. The van der Waals surface area contributed by atoms with Crippen LogP contribution in [0.3, 0.4) is 0 Å². The smallest absolute Gasteiger partial charge is 0.410 e. The highest BCUT2D eigenvalue weighted by Crippen LogP contribution is 2.36. The van der Waals surface area contributed by atoms with Gasteiger partial charge in [-0.3, -0.25) is 4.79 Å². The Kier molecular flexibility index (Phi) is 8.86. The van der Waals surface area contributed by atoms with Gasteiger partial charge in [-0.25, -0.2) is 14.5 Å². The normalized spacial score (nSPS) is 16.6. The molecule has 2 aliphatic rings. The molecule has 3 heterocycles. The van der Waals surface area contributed by atoms with Crippen LogP contribution in [0.25, 0.3) is 22.4 Å². The number of carbonyl (C=O) groups excluding carboxylic acids is 1. The van der Waals surface area contributed by atoms with Crippen LogP contribution < -0.4 is 15.2 Å². The zero-order valence-corrected chi connectivity index (χ0v) is 25.9. The number of anilines is 1. The molecule has 0 spiro atoms. The maximum Gasteiger partial charge on any atom is 0.410 e. The Balaban J connectivity index is 1.15. The molecule has 0 unspecified atom stereocenters. The standard InChI is InChI=1S/C34H42N6O4/c1-38(34(42)44-22-23-11-7-6-8-12-23)25-17-19-40(20-18-25)26-15-16-27(28(21-26)43-3)31-35-32-29(33(41)36-31)30(37-39(32)2)24-13-9-4-5-10-14-24/h6-8,11-12,15-16,21,24-25H,4-5,9-10,13-14,17-20,22H2,1-3H3,(H,35,36,41). The number of fused-ring (bicyclic) bond motifs is 1. The van der Waals surface area contributed by atoms with E-state index in [9.17, 15) is 9.59 Å². The lowest BCUT2D eigenvalue weighted by Crippen LogP contribution is -2.45. The van der Waals surface area contributed by atoms with Gasteiger partial charge in [0.1, 0.15) is 23.6 Å². The molecule has 0 atom stereocenters. The molecule has 6 rings (SSSR count). The summed E-state index contributed by atoms with van der Waals surface area (Å²) in [5.41, 5.74) is 4.05. The van der Waals surface area contributed by atoms with Crippen molar-refractivity contribution in [3.8, 4) is 17.1 Å². The zero-order valence-electron chi connectivity index (χ0n) is 25.9. The second-order valence-corrected chi connectivity index (χ2v) is 12.1. The van der Waals surface area contributed by atoms with Crippen molar-refractivity contribution in [2.75, 3.05) is 32.1 Å². The third kappa shape index (κ3) is 6.16. The number of nitrogens with zero attached hydrogens (tertiary/aromatic N) is 5. The number of aromatic nitrogens is 4. The van der Waals surface area contributed by atoms with Crippen LogP contribution in [-0.2, 0) is 18.4 Å². The Morgan fingerprint density at radius 3 is 2.45 bits per heavy atom. The number of nitrogens with one attached hydrogen (secondary N) is 1. The van der Waals surface area contributed by atoms with Crippen molar-refractivity contribution < 1.29 is 14.3 Å². The molecule has 1 aliphatic carbocycles. The lowest BCUT2D eigenvalue weighted by atomic mass is 9.95. The van der Waals surface area contributed by atoms with Crippen LogP contribution in [0.15, 0.2) is 53.3 Å². The first-order chi connectivity index (χ1) is 21.4. The summed E-state index contributed by atoms with van der Waals surface area (Å²) < 4.78 is 13.1. The van der Waals surface area contributed by atoms with Gasteiger partial charge in [-0.15, -0.1) is 0 Å². The van der Waals surface area contributed by atoms with Gasteiger partial charge in [-0.1, -0.05) is 56.0 Å². The van der Waals surface area contributed by atoms with Crippen molar-refractivity contribution in [2.45, 2.75) is 69.9 Å². The molecule has 1 amide bonds. The molecule has 1 aliphatic heterocycles. The fraction of sp³-hybridized carbons (Fsp3) is 0.471. The minimum Gasteiger partial charge on any atom is -0.496 e. The third-order valence-electron chi connectivity index (χ3n) is 9.27. The van der Waals surface area contributed by atoms with E-state index in [-0.39, 0.29) is 24.3 Å². The number of H-pyrrole nitrogens is 1. The first-order valence-corrected chi connectivity index (χ1v) is 15.8. The van der Waals surface area contributed by atoms with E-state index in [4.69, 9.17) is 19.6 Å². The predicted molar refractivity (Wildman–Crippen MR) is 171 cm³/mol. The summed E-state index contributed by atoms with van der Waals surface area (Å²) in [5, 5.41) is 5.39. The van der Waals surface area contributed by atoms with Crippen LogP contribution >= 0.6 is 0 Å². The topological polar surface area (TPSA) is 106 Å². The van der Waals surface area contributed by atoms with Gasteiger partial charge in [0.15, 0.2) is 5.65 Å². The number of carbonyl (C=O) groups is 1. The van der Waals surface area contributed by atoms with Gasteiger partial charge in [-0.2, -0.15) is 5.10 Å². The van der Waals surface area contributed by atoms with Gasteiger partial charge in [0, 0.05) is 50.9 Å². The third-order valence-corrected chi connectivity index (χ3v) is 9.27. The molecule has 44 heavy (non-hydrogen) atoms. The van der Waals surface area contributed by atoms with Crippen molar-refractivity contribution in [1.29, 1.82) is 0 Å². The van der Waals surface area contributed by atoms with Crippen LogP contribution in [0.2, 0.25) is 0 Å². The summed E-state index contributed by atoms with van der Waals surface area (Å²) >= 11 is 0. The molecule has 4 aromatic rings. The fourth-order valence-electron chi connectivity index (χ4n) is 6.71. The maximum absolute atomic E-state index is 13.5. The number of benzene rings is 2.